The minimum atomic E-state index is -4.75. The zero-order chi connectivity index (χ0) is 19.9. The van der Waals surface area contributed by atoms with Gasteiger partial charge in [0.25, 0.3) is 11.5 Å². The molecule has 3 rings (SSSR count). The van der Waals surface area contributed by atoms with Crippen LogP contribution >= 0.6 is 23.8 Å². The highest BCUT2D eigenvalue weighted by Crippen LogP contribution is 2.35. The lowest BCUT2D eigenvalue weighted by Crippen LogP contribution is -2.36. The molecule has 27 heavy (non-hydrogen) atoms. The zero-order valence-electron chi connectivity index (χ0n) is 13.6. The van der Waals surface area contributed by atoms with E-state index in [2.05, 4.69) is 15.5 Å². The number of rotatable bonds is 3. The van der Waals surface area contributed by atoms with E-state index in [0.29, 0.717) is 5.52 Å². The second-order valence-corrected chi connectivity index (χ2v) is 6.32. The van der Waals surface area contributed by atoms with Crippen LogP contribution in [-0.2, 0) is 17.5 Å². The van der Waals surface area contributed by atoms with Crippen molar-refractivity contribution in [3.63, 3.8) is 0 Å². The maximum Gasteiger partial charge on any atom is 0.436 e. The molecule has 0 radical (unpaired) electrons. The Bertz CT molecular complexity index is 1160. The molecule has 0 unspecified atom stereocenters. The summed E-state index contributed by atoms with van der Waals surface area (Å²) in [6.07, 6.45) is -4.75. The topological polar surface area (TPSA) is 84.7 Å². The van der Waals surface area contributed by atoms with Crippen LogP contribution in [0.4, 0.5) is 13.2 Å². The molecular formula is C15H11ClF3N5O2S. The van der Waals surface area contributed by atoms with E-state index >= 15 is 0 Å². The zero-order valence-corrected chi connectivity index (χ0v) is 15.2. The number of hydrogen-bond donors (Lipinski definition) is 2. The standard InChI is InChI=1S/C15H11ClF3N5O2S/c1-7-11(16)12(15(17,18)19)22-23(7)6-10(25)21-24-13(26)8-4-2-3-5-9(8)20-14(24)27/h2-5H,6H2,1H3,(H,20,27)(H,21,25). The van der Waals surface area contributed by atoms with Gasteiger partial charge in [-0.25, -0.2) is 0 Å². The highest BCUT2D eigenvalue weighted by atomic mass is 35.5. The average Bonchev–Trinajstić information content (AvgIpc) is 2.87. The van der Waals surface area contributed by atoms with Gasteiger partial charge in [0.15, 0.2) is 10.5 Å². The lowest BCUT2D eigenvalue weighted by molar-refractivity contribution is -0.141. The molecule has 0 saturated carbocycles. The maximum atomic E-state index is 12.9. The van der Waals surface area contributed by atoms with Crippen LogP contribution in [-0.4, -0.2) is 25.3 Å². The Hall–Kier alpha value is -2.66. The molecule has 12 heteroatoms. The summed E-state index contributed by atoms with van der Waals surface area (Å²) in [7, 11) is 0. The van der Waals surface area contributed by atoms with Crippen LogP contribution in [0.25, 0.3) is 10.9 Å². The highest BCUT2D eigenvalue weighted by Gasteiger charge is 2.38. The molecule has 3 aromatic rings. The third kappa shape index (κ3) is 3.60. The number of amides is 1. The van der Waals surface area contributed by atoms with Gasteiger partial charge in [-0.15, -0.1) is 0 Å². The number of fused-ring (bicyclic) bond motifs is 1. The highest BCUT2D eigenvalue weighted by molar-refractivity contribution is 7.71. The normalized spacial score (nSPS) is 11.7. The van der Waals surface area contributed by atoms with E-state index in [-0.39, 0.29) is 15.9 Å². The summed E-state index contributed by atoms with van der Waals surface area (Å²) in [5.41, 5.74) is 0.857. The van der Waals surface area contributed by atoms with Gasteiger partial charge < -0.3 is 4.98 Å². The first-order valence-corrected chi connectivity index (χ1v) is 8.22. The lowest BCUT2D eigenvalue weighted by atomic mass is 10.2. The Kier molecular flexibility index (Phi) is 4.82. The van der Waals surface area contributed by atoms with Gasteiger partial charge in [0.1, 0.15) is 6.54 Å². The number of nitrogens with one attached hydrogen (secondary N) is 2. The summed E-state index contributed by atoms with van der Waals surface area (Å²) in [6.45, 7) is 0.710. The first kappa shape index (κ1) is 19.1. The van der Waals surface area contributed by atoms with Gasteiger partial charge in [-0.2, -0.15) is 22.9 Å². The van der Waals surface area contributed by atoms with E-state index in [9.17, 15) is 22.8 Å². The number of aromatic nitrogens is 4. The molecule has 1 aromatic carbocycles. The molecule has 2 N–H and O–H groups in total. The minimum absolute atomic E-state index is 0.0323. The third-order valence-corrected chi connectivity index (χ3v) is 4.47. The smallest absolute Gasteiger partial charge is 0.330 e. The molecule has 0 atom stereocenters. The predicted octanol–water partition coefficient (Wildman–Crippen LogP) is 3.01. The summed E-state index contributed by atoms with van der Waals surface area (Å²) < 4.78 is 40.1. The number of nitrogens with zero attached hydrogens (tertiary/aromatic N) is 3. The second-order valence-electron chi connectivity index (χ2n) is 5.55. The monoisotopic (exact) mass is 417 g/mol. The first-order chi connectivity index (χ1) is 12.6. The number of para-hydroxylation sites is 1. The molecule has 0 aliphatic carbocycles. The number of alkyl halides is 3. The minimum Gasteiger partial charge on any atom is -0.330 e. The van der Waals surface area contributed by atoms with Crippen LogP contribution in [0.1, 0.15) is 11.4 Å². The molecule has 1 amide bonds. The number of aromatic amines is 1. The van der Waals surface area contributed by atoms with E-state index in [1.807, 2.05) is 0 Å². The largest absolute Gasteiger partial charge is 0.436 e. The third-order valence-electron chi connectivity index (χ3n) is 3.74. The number of carbonyl (C=O) groups is 1. The van der Waals surface area contributed by atoms with Gasteiger partial charge in [-0.1, -0.05) is 23.7 Å². The second kappa shape index (κ2) is 6.82. The molecule has 0 saturated heterocycles. The molecule has 2 aromatic heterocycles. The van der Waals surface area contributed by atoms with Gasteiger partial charge >= 0.3 is 6.18 Å². The van der Waals surface area contributed by atoms with Gasteiger partial charge in [-0.05, 0) is 31.3 Å². The van der Waals surface area contributed by atoms with Crippen molar-refractivity contribution in [2.75, 3.05) is 5.43 Å². The van der Waals surface area contributed by atoms with Crippen LogP contribution in [0, 0.1) is 11.7 Å². The molecular weight excluding hydrogens is 407 g/mol. The van der Waals surface area contributed by atoms with E-state index in [1.54, 1.807) is 24.3 Å². The fourth-order valence-corrected chi connectivity index (χ4v) is 2.90. The predicted molar refractivity (Wildman–Crippen MR) is 94.7 cm³/mol. The number of benzene rings is 1. The van der Waals surface area contributed by atoms with E-state index in [0.717, 1.165) is 9.36 Å². The van der Waals surface area contributed by atoms with Crippen molar-refractivity contribution < 1.29 is 18.0 Å². The number of hydrogen-bond acceptors (Lipinski definition) is 4. The quantitative estimate of drug-likeness (QED) is 0.642. The van der Waals surface area contributed by atoms with Crippen molar-refractivity contribution >= 4 is 40.6 Å². The SMILES string of the molecule is Cc1c(Cl)c(C(F)(F)F)nn1CC(=O)Nn1c(=S)[nH]c2ccccc2c1=O. The number of halogens is 4. The van der Waals surface area contributed by atoms with Crippen LogP contribution in [0.5, 0.6) is 0 Å². The van der Waals surface area contributed by atoms with Crippen molar-refractivity contribution in [1.82, 2.24) is 19.4 Å². The van der Waals surface area contributed by atoms with Crippen molar-refractivity contribution in [3.05, 3.63) is 55.8 Å². The maximum absolute atomic E-state index is 12.9. The van der Waals surface area contributed by atoms with Crippen molar-refractivity contribution in [1.29, 1.82) is 0 Å². The Morgan fingerprint density at radius 1 is 1.37 bits per heavy atom. The Labute approximate surface area is 159 Å². The van der Waals surface area contributed by atoms with Crippen LogP contribution < -0.4 is 11.0 Å². The number of H-pyrrole nitrogens is 1. The van der Waals surface area contributed by atoms with Crippen molar-refractivity contribution in [3.8, 4) is 0 Å². The lowest BCUT2D eigenvalue weighted by Gasteiger charge is -2.10. The molecule has 0 aliphatic heterocycles. The molecule has 0 spiro atoms. The summed E-state index contributed by atoms with van der Waals surface area (Å²) in [5, 5.41) is 3.03. The fourth-order valence-electron chi connectivity index (χ4n) is 2.42. The molecule has 2 heterocycles. The molecule has 0 bridgehead atoms. The Morgan fingerprint density at radius 2 is 2.04 bits per heavy atom. The van der Waals surface area contributed by atoms with E-state index in [4.69, 9.17) is 23.8 Å². The van der Waals surface area contributed by atoms with Gasteiger partial charge in [0, 0.05) is 0 Å². The van der Waals surface area contributed by atoms with Crippen molar-refractivity contribution in [2.24, 2.45) is 0 Å². The Morgan fingerprint density at radius 3 is 2.67 bits per heavy atom. The van der Waals surface area contributed by atoms with Crippen LogP contribution in [0.2, 0.25) is 5.02 Å². The molecule has 0 fully saturated rings. The van der Waals surface area contributed by atoms with Gasteiger partial charge in [0.2, 0.25) is 0 Å². The van der Waals surface area contributed by atoms with E-state index in [1.165, 1.54) is 6.92 Å². The van der Waals surface area contributed by atoms with Crippen LogP contribution in [0.15, 0.2) is 29.1 Å². The summed E-state index contributed by atoms with van der Waals surface area (Å²) in [5.74, 6) is -0.803. The summed E-state index contributed by atoms with van der Waals surface area (Å²) in [4.78, 5) is 27.5. The average molecular weight is 418 g/mol. The molecule has 142 valence electrons. The molecule has 7 nitrogen and oxygen atoms in total. The fraction of sp³-hybridized carbons (Fsp3) is 0.200. The molecule has 0 aliphatic rings. The van der Waals surface area contributed by atoms with E-state index < -0.39 is 34.9 Å². The first-order valence-electron chi connectivity index (χ1n) is 7.43. The van der Waals surface area contributed by atoms with Gasteiger partial charge in [0.05, 0.1) is 21.6 Å². The van der Waals surface area contributed by atoms with Crippen LogP contribution in [0.3, 0.4) is 0 Å². The summed E-state index contributed by atoms with van der Waals surface area (Å²) >= 11 is 10.7. The summed E-state index contributed by atoms with van der Waals surface area (Å²) in [6, 6.07) is 6.53. The Balaban J connectivity index is 1.91. The number of carbonyl (C=O) groups excluding carboxylic acids is 1. The van der Waals surface area contributed by atoms with Crippen molar-refractivity contribution in [2.45, 2.75) is 19.6 Å². The van der Waals surface area contributed by atoms with Gasteiger partial charge in [-0.3, -0.25) is 19.7 Å².